The van der Waals surface area contributed by atoms with Crippen LogP contribution in [0.3, 0.4) is 0 Å². The molecule has 0 bridgehead atoms. The van der Waals surface area contributed by atoms with E-state index in [1.54, 1.807) is 13.0 Å². The lowest BCUT2D eigenvalue weighted by Gasteiger charge is -1.95. The number of hydrogen-bond acceptors (Lipinski definition) is 3. The number of rotatable bonds is 1. The molecule has 0 saturated carbocycles. The average molecular weight is 176 g/mol. The maximum Gasteiger partial charge on any atom is 0.113 e. The van der Waals surface area contributed by atoms with E-state index in [1.807, 2.05) is 12.1 Å². The molecular weight excluding hydrogens is 164 g/mol. The van der Waals surface area contributed by atoms with Crippen LogP contribution in [0, 0.1) is 11.8 Å². The molecular formula is C10H12N2O. The van der Waals surface area contributed by atoms with Gasteiger partial charge in [-0.05, 0) is 25.0 Å². The molecule has 0 aromatic carbocycles. The topological polar surface area (TPSA) is 59.1 Å². The quantitative estimate of drug-likeness (QED) is 0.604. The van der Waals surface area contributed by atoms with Crippen LogP contribution in [0.1, 0.15) is 18.3 Å². The highest BCUT2D eigenvalue weighted by molar-refractivity contribution is 5.29. The molecule has 0 unspecified atom stereocenters. The number of nitrogens with two attached hydrogens (primary N) is 1. The Morgan fingerprint density at radius 1 is 1.62 bits per heavy atom. The maximum atomic E-state index is 8.91. The van der Waals surface area contributed by atoms with Gasteiger partial charge in [0.15, 0.2) is 0 Å². The van der Waals surface area contributed by atoms with E-state index in [-0.39, 0.29) is 0 Å². The molecule has 0 aliphatic heterocycles. The summed E-state index contributed by atoms with van der Waals surface area (Å²) in [6, 6.07) is 5.48. The summed E-state index contributed by atoms with van der Waals surface area (Å²) in [5.74, 6) is 5.37. The zero-order valence-electron chi connectivity index (χ0n) is 7.49. The fraction of sp³-hybridized carbons (Fsp3) is 0.300. The fourth-order valence-corrected chi connectivity index (χ4v) is 0.841. The van der Waals surface area contributed by atoms with Gasteiger partial charge in [0.1, 0.15) is 11.8 Å². The summed E-state index contributed by atoms with van der Waals surface area (Å²) in [6.45, 7) is 2.02. The van der Waals surface area contributed by atoms with Crippen molar-refractivity contribution in [2.45, 2.75) is 19.6 Å². The van der Waals surface area contributed by atoms with Crippen molar-refractivity contribution in [1.82, 2.24) is 4.98 Å². The van der Waals surface area contributed by atoms with Crippen LogP contribution in [0.4, 0.5) is 0 Å². The lowest BCUT2D eigenvalue weighted by molar-refractivity contribution is 0.253. The van der Waals surface area contributed by atoms with Crippen LogP contribution in [0.15, 0.2) is 18.2 Å². The van der Waals surface area contributed by atoms with Gasteiger partial charge in [0.25, 0.3) is 0 Å². The zero-order chi connectivity index (χ0) is 9.68. The Labute approximate surface area is 77.6 Å². The van der Waals surface area contributed by atoms with Gasteiger partial charge in [-0.25, -0.2) is 4.98 Å². The highest BCUT2D eigenvalue weighted by atomic mass is 16.3. The number of hydrogen-bond donors (Lipinski definition) is 2. The van der Waals surface area contributed by atoms with Crippen molar-refractivity contribution in [1.29, 1.82) is 0 Å². The predicted octanol–water partition coefficient (Wildman–Crippen LogP) is 0.273. The standard InChI is InChI=1S/C10H12N2O/c1-8(13)5-6-9-3-2-4-10(7-11)12-9/h2-4,8,13H,7,11H2,1H3/t8-/m1/s1. The third-order valence-corrected chi connectivity index (χ3v) is 1.43. The monoisotopic (exact) mass is 176 g/mol. The molecule has 0 amide bonds. The van der Waals surface area contributed by atoms with Crippen LogP contribution in [0.2, 0.25) is 0 Å². The van der Waals surface area contributed by atoms with Crippen molar-refractivity contribution in [2.24, 2.45) is 5.73 Å². The Kier molecular flexibility index (Phi) is 3.44. The van der Waals surface area contributed by atoms with Crippen molar-refractivity contribution in [3.8, 4) is 11.8 Å². The number of aliphatic hydroxyl groups is 1. The second-order valence-electron chi connectivity index (χ2n) is 2.66. The smallest absolute Gasteiger partial charge is 0.113 e. The molecule has 1 heterocycles. The molecule has 3 heteroatoms. The highest BCUT2D eigenvalue weighted by Crippen LogP contribution is 1.96. The Balaban J connectivity index is 2.85. The molecule has 68 valence electrons. The van der Waals surface area contributed by atoms with Crippen molar-refractivity contribution in [3.63, 3.8) is 0 Å². The summed E-state index contributed by atoms with van der Waals surface area (Å²) in [7, 11) is 0. The normalized spacial score (nSPS) is 11.6. The molecule has 3 N–H and O–H groups in total. The largest absolute Gasteiger partial charge is 0.381 e. The van der Waals surface area contributed by atoms with Gasteiger partial charge in [-0.3, -0.25) is 0 Å². The van der Waals surface area contributed by atoms with Crippen LogP contribution in [-0.2, 0) is 6.54 Å². The Hall–Kier alpha value is -1.37. The summed E-state index contributed by atoms with van der Waals surface area (Å²) in [5.41, 5.74) is 6.86. The predicted molar refractivity (Wildman–Crippen MR) is 50.7 cm³/mol. The number of pyridine rings is 1. The molecule has 0 aliphatic rings. The maximum absolute atomic E-state index is 8.91. The van der Waals surface area contributed by atoms with E-state index in [1.165, 1.54) is 0 Å². The molecule has 0 radical (unpaired) electrons. The zero-order valence-corrected chi connectivity index (χ0v) is 7.49. The molecule has 1 aromatic rings. The Bertz CT molecular complexity index is 336. The van der Waals surface area contributed by atoms with Gasteiger partial charge >= 0.3 is 0 Å². The minimum atomic E-state index is -0.622. The lowest BCUT2D eigenvalue weighted by atomic mass is 10.3. The molecule has 0 saturated heterocycles. The first-order valence-corrected chi connectivity index (χ1v) is 4.08. The van der Waals surface area contributed by atoms with Gasteiger partial charge in [0.2, 0.25) is 0 Å². The summed E-state index contributed by atoms with van der Waals surface area (Å²) >= 11 is 0. The Morgan fingerprint density at radius 3 is 3.00 bits per heavy atom. The second-order valence-corrected chi connectivity index (χ2v) is 2.66. The lowest BCUT2D eigenvalue weighted by Crippen LogP contribution is -2.00. The number of aliphatic hydroxyl groups excluding tert-OH is 1. The molecule has 0 spiro atoms. The van der Waals surface area contributed by atoms with Crippen LogP contribution in [0.5, 0.6) is 0 Å². The van der Waals surface area contributed by atoms with E-state index in [9.17, 15) is 0 Å². The minimum absolute atomic E-state index is 0.407. The van der Waals surface area contributed by atoms with E-state index >= 15 is 0 Å². The van der Waals surface area contributed by atoms with E-state index in [0.717, 1.165) is 5.69 Å². The van der Waals surface area contributed by atoms with Gasteiger partial charge < -0.3 is 10.8 Å². The molecule has 0 fully saturated rings. The van der Waals surface area contributed by atoms with Crippen molar-refractivity contribution in [2.75, 3.05) is 0 Å². The van der Waals surface area contributed by atoms with Gasteiger partial charge in [-0.1, -0.05) is 12.0 Å². The second kappa shape index (κ2) is 4.61. The minimum Gasteiger partial charge on any atom is -0.381 e. The van der Waals surface area contributed by atoms with Crippen LogP contribution in [-0.4, -0.2) is 16.2 Å². The number of nitrogens with zero attached hydrogens (tertiary/aromatic N) is 1. The van der Waals surface area contributed by atoms with Gasteiger partial charge in [0.05, 0.1) is 5.69 Å². The molecule has 0 aliphatic carbocycles. The molecule has 1 aromatic heterocycles. The van der Waals surface area contributed by atoms with Gasteiger partial charge in [-0.15, -0.1) is 0 Å². The van der Waals surface area contributed by atoms with Crippen LogP contribution >= 0.6 is 0 Å². The molecule has 1 atom stereocenters. The summed E-state index contributed by atoms with van der Waals surface area (Å²) < 4.78 is 0. The third kappa shape index (κ3) is 3.24. The Morgan fingerprint density at radius 2 is 2.38 bits per heavy atom. The first-order chi connectivity index (χ1) is 6.22. The number of aromatic nitrogens is 1. The first-order valence-electron chi connectivity index (χ1n) is 4.08. The SMILES string of the molecule is C[C@@H](O)C#Cc1cccc(CN)n1. The summed E-state index contributed by atoms with van der Waals surface area (Å²) in [6.07, 6.45) is -0.622. The van der Waals surface area contributed by atoms with Gasteiger partial charge in [0, 0.05) is 6.54 Å². The van der Waals surface area contributed by atoms with Crippen molar-refractivity contribution >= 4 is 0 Å². The van der Waals surface area contributed by atoms with E-state index < -0.39 is 6.10 Å². The molecule has 1 rings (SSSR count). The summed E-state index contributed by atoms with van der Waals surface area (Å²) in [5, 5.41) is 8.91. The molecule has 13 heavy (non-hydrogen) atoms. The first kappa shape index (κ1) is 9.72. The fourth-order valence-electron chi connectivity index (χ4n) is 0.841. The van der Waals surface area contributed by atoms with Crippen LogP contribution < -0.4 is 5.73 Å². The van der Waals surface area contributed by atoms with E-state index in [4.69, 9.17) is 10.8 Å². The van der Waals surface area contributed by atoms with Crippen molar-refractivity contribution < 1.29 is 5.11 Å². The average Bonchev–Trinajstić information content (AvgIpc) is 2.15. The highest BCUT2D eigenvalue weighted by Gasteiger charge is 1.92. The van der Waals surface area contributed by atoms with Crippen molar-refractivity contribution in [3.05, 3.63) is 29.6 Å². The third-order valence-electron chi connectivity index (χ3n) is 1.43. The summed E-state index contributed by atoms with van der Waals surface area (Å²) in [4.78, 5) is 4.15. The van der Waals surface area contributed by atoms with Gasteiger partial charge in [-0.2, -0.15) is 0 Å². The van der Waals surface area contributed by atoms with E-state index in [0.29, 0.717) is 12.2 Å². The molecule has 3 nitrogen and oxygen atoms in total. The van der Waals surface area contributed by atoms with E-state index in [2.05, 4.69) is 16.8 Å². The van der Waals surface area contributed by atoms with Crippen LogP contribution in [0.25, 0.3) is 0 Å².